The van der Waals surface area contributed by atoms with Crippen molar-refractivity contribution in [2.24, 2.45) is 11.3 Å². The number of carbonyl (C=O) groups is 6. The molecule has 8 atom stereocenters. The van der Waals surface area contributed by atoms with Gasteiger partial charge in [0.1, 0.15) is 42.0 Å². The van der Waals surface area contributed by atoms with Crippen LogP contribution in [0.5, 0.6) is 0 Å². The van der Waals surface area contributed by atoms with Crippen LogP contribution in [-0.4, -0.2) is 121 Å². The smallest absolute Gasteiger partial charge is 0.274 e. The van der Waals surface area contributed by atoms with Gasteiger partial charge in [-0.15, -0.1) is 0 Å². The van der Waals surface area contributed by atoms with Crippen LogP contribution in [0.4, 0.5) is 5.82 Å². The van der Waals surface area contributed by atoms with Crippen molar-refractivity contribution in [2.45, 2.75) is 77.1 Å². The maximum absolute atomic E-state index is 12.6. The van der Waals surface area contributed by atoms with Gasteiger partial charge in [0.2, 0.25) is 11.8 Å². The summed E-state index contributed by atoms with van der Waals surface area (Å²) in [6.45, 7) is 0.811. The Labute approximate surface area is 355 Å². The van der Waals surface area contributed by atoms with Gasteiger partial charge in [-0.2, -0.15) is 0 Å². The van der Waals surface area contributed by atoms with E-state index in [1.807, 2.05) is 0 Å². The lowest BCUT2D eigenvalue weighted by Gasteiger charge is -2.36. The second-order valence-corrected chi connectivity index (χ2v) is 19.1. The minimum Gasteiger partial charge on any atom is -0.790 e. The number of imidazole rings is 1. The predicted molar refractivity (Wildman–Crippen MR) is 196 cm³/mol. The number of nitrogen functional groups attached to an aromatic ring is 1. The third-order valence-corrected chi connectivity index (χ3v) is 12.5. The van der Waals surface area contributed by atoms with Gasteiger partial charge in [0.15, 0.2) is 28.6 Å². The van der Waals surface area contributed by atoms with Crippen molar-refractivity contribution in [3.8, 4) is 0 Å². The Balaban J connectivity index is 1.43. The number of carboxylic acids is 1. The van der Waals surface area contributed by atoms with Crippen LogP contribution in [0.2, 0.25) is 0 Å². The molecule has 1 fully saturated rings. The molecule has 0 bridgehead atoms. The van der Waals surface area contributed by atoms with E-state index in [1.54, 1.807) is 0 Å². The molecule has 1 aliphatic rings. The molecule has 28 nitrogen and oxygen atoms in total. The number of aromatic nitrogens is 4. The van der Waals surface area contributed by atoms with Gasteiger partial charge in [-0.3, -0.25) is 37.7 Å². The van der Waals surface area contributed by atoms with Crippen LogP contribution in [0.25, 0.3) is 11.2 Å². The topological polar surface area (TPSA) is 449 Å². The number of thioether (sulfide) groups is 1. The monoisotopic (exact) mass is 960 g/mol. The fraction of sp³-hybridized carbons (Fsp3) is 0.633. The highest BCUT2D eigenvalue weighted by molar-refractivity contribution is 8.13. The van der Waals surface area contributed by atoms with Gasteiger partial charge < -0.3 is 78.9 Å². The Bertz CT molecular complexity index is 2120. The van der Waals surface area contributed by atoms with Crippen molar-refractivity contribution in [1.82, 2.24) is 30.2 Å². The van der Waals surface area contributed by atoms with E-state index in [4.69, 9.17) is 10.5 Å². The van der Waals surface area contributed by atoms with Crippen LogP contribution in [0.15, 0.2) is 12.7 Å². The number of anilines is 1. The quantitative estimate of drug-likeness (QED) is 0.0334. The third kappa shape index (κ3) is 16.2. The van der Waals surface area contributed by atoms with E-state index in [0.717, 1.165) is 31.1 Å². The second-order valence-electron chi connectivity index (χ2n) is 13.9. The van der Waals surface area contributed by atoms with Gasteiger partial charge >= 0.3 is 0 Å². The summed E-state index contributed by atoms with van der Waals surface area (Å²) in [6, 6.07) is 0. The first-order valence-corrected chi connectivity index (χ1v) is 23.2. The van der Waals surface area contributed by atoms with Crippen molar-refractivity contribution < 1.29 is 100.0 Å². The SMILES string of the molecule is CC(C(=O)CCC(=O)[O-])C(=O)CC(=O)SCCNC(=O)CCNC(=O)[C@H](O)C(C)(C)COP(=O)([O-])OP(=O)([O-])OC[C@H]1O[C@@H](n2cnc3c(N)ncnc32)[C@H](O)[C@@H]1OP(=O)([O-])[O-]. The lowest BCUT2D eigenvalue weighted by atomic mass is 9.87. The summed E-state index contributed by atoms with van der Waals surface area (Å²) in [5, 5.41) is 35.9. The van der Waals surface area contributed by atoms with Crippen LogP contribution in [0.1, 0.15) is 52.7 Å². The molecule has 3 unspecified atom stereocenters. The molecule has 0 saturated carbocycles. The standard InChI is InChI=1S/C30H46N7O21P3S/c1-15(16(38)4-5-20(41)42)17(39)10-21(43)62-9-8-32-19(40)6-7-33-28(46)25(45)30(2,3)12-55-61(52,53)58-60(50,51)54-11-18-24(57-59(47,48)49)23(44)29(56-18)37-14-36-22-26(31)34-13-35-27(22)37/h13-15,18,23-25,29,44-45H,4-12H2,1-3H3,(H,32,40)(H,33,46)(H,41,42)(H,50,51)(H,52,53)(H2,31,34,35)(H2,47,48,49)/p-5/t15?,18-,23-,24-,25+,29-/m1/s1. The number of carboxylic acid groups (broad SMARTS) is 1. The fourth-order valence-corrected chi connectivity index (χ4v) is 8.65. The Morgan fingerprint density at radius 1 is 0.984 bits per heavy atom. The number of phosphoric ester groups is 3. The van der Waals surface area contributed by atoms with E-state index in [-0.39, 0.29) is 42.2 Å². The van der Waals surface area contributed by atoms with Gasteiger partial charge in [-0.1, -0.05) is 25.6 Å². The summed E-state index contributed by atoms with van der Waals surface area (Å²) in [4.78, 5) is 131. The molecule has 62 heavy (non-hydrogen) atoms. The molecule has 1 saturated heterocycles. The molecule has 3 heterocycles. The van der Waals surface area contributed by atoms with Crippen molar-refractivity contribution in [3.63, 3.8) is 0 Å². The number of aliphatic hydroxyl groups excluding tert-OH is 2. The Hall–Kier alpha value is -3.63. The number of ether oxygens (including phenoxy) is 1. The van der Waals surface area contributed by atoms with Crippen molar-refractivity contribution in [3.05, 3.63) is 12.7 Å². The number of nitrogens with one attached hydrogen (secondary N) is 2. The third-order valence-electron chi connectivity index (χ3n) is 8.60. The van der Waals surface area contributed by atoms with Crippen molar-refractivity contribution in [1.29, 1.82) is 0 Å². The lowest BCUT2D eigenvalue weighted by Crippen LogP contribution is -2.46. The van der Waals surface area contributed by atoms with Crippen molar-refractivity contribution >= 4 is 86.7 Å². The van der Waals surface area contributed by atoms with E-state index < -0.39 is 132 Å². The van der Waals surface area contributed by atoms with Crippen molar-refractivity contribution in [2.75, 3.05) is 37.8 Å². The first-order valence-electron chi connectivity index (χ1n) is 17.9. The second kappa shape index (κ2) is 22.3. The van der Waals surface area contributed by atoms with Gasteiger partial charge in [-0.05, 0) is 13.3 Å². The number of hydrogen-bond acceptors (Lipinski definition) is 26. The number of fused-ring (bicyclic) bond motifs is 1. The zero-order valence-electron chi connectivity index (χ0n) is 32.8. The number of nitrogens with two attached hydrogens (primary N) is 1. The average Bonchev–Trinajstić information content (AvgIpc) is 3.73. The zero-order valence-corrected chi connectivity index (χ0v) is 36.2. The summed E-state index contributed by atoms with van der Waals surface area (Å²) < 4.78 is 60.4. The lowest BCUT2D eigenvalue weighted by molar-refractivity contribution is -0.347. The Morgan fingerprint density at radius 2 is 1.65 bits per heavy atom. The molecule has 2 aromatic rings. The maximum Gasteiger partial charge on any atom is 0.274 e. The minimum atomic E-state index is -5.96. The summed E-state index contributed by atoms with van der Waals surface area (Å²) in [5.41, 5.74) is 3.95. The number of carbonyl (C=O) groups excluding carboxylic acids is 6. The molecule has 2 aromatic heterocycles. The number of ketones is 2. The highest BCUT2D eigenvalue weighted by atomic mass is 32.2. The van der Waals surface area contributed by atoms with Gasteiger partial charge in [0.25, 0.3) is 15.6 Å². The van der Waals surface area contributed by atoms with E-state index >= 15 is 0 Å². The normalized spacial score (nSPS) is 21.0. The highest BCUT2D eigenvalue weighted by Gasteiger charge is 2.47. The molecule has 0 aliphatic carbocycles. The largest absolute Gasteiger partial charge is 0.790 e. The number of Topliss-reactive ketones (excluding diaryl/α,β-unsaturated/α-hetero) is 2. The molecule has 3 rings (SSSR count). The van der Waals surface area contributed by atoms with Gasteiger partial charge in [-0.25, -0.2) is 19.3 Å². The van der Waals surface area contributed by atoms with Gasteiger partial charge in [0.05, 0.1) is 39.7 Å². The molecular weight excluding hydrogens is 919 g/mol. The van der Waals surface area contributed by atoms with E-state index in [1.165, 1.54) is 6.92 Å². The first kappa shape index (κ1) is 52.7. The van der Waals surface area contributed by atoms with Crippen LogP contribution in [0.3, 0.4) is 0 Å². The molecule has 0 spiro atoms. The molecule has 32 heteroatoms. The summed E-state index contributed by atoms with van der Waals surface area (Å²) in [5.74, 6) is -5.74. The number of phosphoric acid groups is 3. The first-order chi connectivity index (χ1) is 28.6. The summed E-state index contributed by atoms with van der Waals surface area (Å²) in [6.07, 6.45) is -9.52. The van der Waals surface area contributed by atoms with Crippen LogP contribution in [0, 0.1) is 11.3 Å². The number of aliphatic hydroxyl groups is 2. The Kier molecular flexibility index (Phi) is 19.0. The van der Waals surface area contributed by atoms with E-state index in [2.05, 4.69) is 43.5 Å². The average molecular weight is 961 g/mol. The number of hydrogen-bond donors (Lipinski definition) is 5. The fourth-order valence-electron chi connectivity index (χ4n) is 5.24. The van der Waals surface area contributed by atoms with E-state index in [9.17, 15) is 77.4 Å². The molecule has 348 valence electrons. The molecule has 2 amide bonds. The predicted octanol–water partition coefficient (Wildman–Crippen LogP) is -5.17. The van der Waals surface area contributed by atoms with Gasteiger partial charge in [0, 0.05) is 43.1 Å². The molecule has 0 radical (unpaired) electrons. The molecular formula is C30H41N7O21P3S-5. The molecule has 0 aromatic carbocycles. The minimum absolute atomic E-state index is 0.0220. The highest BCUT2D eigenvalue weighted by Crippen LogP contribution is 2.56. The Morgan fingerprint density at radius 3 is 2.29 bits per heavy atom. The summed E-state index contributed by atoms with van der Waals surface area (Å²) in [7, 11) is -17.7. The summed E-state index contributed by atoms with van der Waals surface area (Å²) >= 11 is 0.698. The molecule has 6 N–H and O–H groups in total. The van der Waals surface area contributed by atoms with Crippen LogP contribution >= 0.6 is 35.2 Å². The number of aliphatic carboxylic acids is 1. The maximum atomic E-state index is 12.6. The zero-order chi connectivity index (χ0) is 46.8. The number of amides is 2. The van der Waals surface area contributed by atoms with Crippen LogP contribution in [-0.2, 0) is 65.1 Å². The number of nitrogens with zero attached hydrogens (tertiary/aromatic N) is 4. The van der Waals surface area contributed by atoms with E-state index in [0.29, 0.717) is 11.8 Å². The molecule has 1 aliphatic heterocycles. The number of rotatable bonds is 26. The van der Waals surface area contributed by atoms with Crippen LogP contribution < -0.4 is 41.0 Å².